The second-order valence-corrected chi connectivity index (χ2v) is 5.66. The minimum atomic E-state index is -3.11. The molecule has 1 atom stereocenters. The zero-order valence-electron chi connectivity index (χ0n) is 8.21. The van der Waals surface area contributed by atoms with Crippen molar-refractivity contribution in [3.05, 3.63) is 18.0 Å². The fraction of sp³-hybridized carbons (Fsp3) is 0.625. The van der Waals surface area contributed by atoms with Gasteiger partial charge in [-0.2, -0.15) is 5.10 Å². The molecule has 80 valence electrons. The monoisotopic (exact) mass is 218 g/mol. The summed E-state index contributed by atoms with van der Waals surface area (Å²) >= 11 is 0. The summed E-state index contributed by atoms with van der Waals surface area (Å²) in [4.78, 5) is 0. The summed E-state index contributed by atoms with van der Waals surface area (Å²) < 4.78 is 23.3. The summed E-state index contributed by atoms with van der Waals surface area (Å²) in [5.41, 5.74) is 0.837. The van der Waals surface area contributed by atoms with E-state index >= 15 is 0 Å². The summed E-state index contributed by atoms with van der Waals surface area (Å²) in [5.74, 6) is -0.206. The van der Waals surface area contributed by atoms with E-state index in [4.69, 9.17) is 0 Å². The molecular weight excluding hydrogens is 204 g/mol. The Balaban J connectivity index is 2.53. The van der Waals surface area contributed by atoms with Crippen molar-refractivity contribution in [3.63, 3.8) is 0 Å². The first-order valence-electron chi connectivity index (χ1n) is 4.20. The number of nitrogens with zero attached hydrogens (tertiary/aromatic N) is 2. The summed E-state index contributed by atoms with van der Waals surface area (Å²) in [6.07, 6.45) is 3.95. The van der Waals surface area contributed by atoms with Crippen molar-refractivity contribution in [2.24, 2.45) is 7.05 Å². The van der Waals surface area contributed by atoms with Crippen LogP contribution in [0.2, 0.25) is 0 Å². The van der Waals surface area contributed by atoms with Crippen LogP contribution < -0.4 is 0 Å². The van der Waals surface area contributed by atoms with Gasteiger partial charge in [0.1, 0.15) is 9.84 Å². The van der Waals surface area contributed by atoms with E-state index in [0.29, 0.717) is 6.42 Å². The Morgan fingerprint density at radius 2 is 2.29 bits per heavy atom. The first-order chi connectivity index (χ1) is 6.37. The van der Waals surface area contributed by atoms with Gasteiger partial charge in [0.25, 0.3) is 0 Å². The van der Waals surface area contributed by atoms with Gasteiger partial charge in [0.2, 0.25) is 0 Å². The van der Waals surface area contributed by atoms with Gasteiger partial charge in [-0.15, -0.1) is 0 Å². The Morgan fingerprint density at radius 3 is 2.71 bits per heavy atom. The quantitative estimate of drug-likeness (QED) is 0.730. The highest BCUT2D eigenvalue weighted by Gasteiger charge is 2.13. The minimum absolute atomic E-state index is 0.206. The maximum atomic E-state index is 10.9. The average molecular weight is 218 g/mol. The zero-order chi connectivity index (χ0) is 10.8. The molecule has 1 unspecified atom stereocenters. The van der Waals surface area contributed by atoms with Crippen LogP contribution in [-0.4, -0.2) is 41.4 Å². The molecule has 0 amide bonds. The second kappa shape index (κ2) is 4.10. The molecule has 1 heterocycles. The third-order valence-corrected chi connectivity index (χ3v) is 2.72. The molecule has 1 N–H and O–H groups in total. The van der Waals surface area contributed by atoms with Crippen LogP contribution in [0.1, 0.15) is 5.56 Å². The van der Waals surface area contributed by atoms with Gasteiger partial charge in [-0.05, 0) is 5.56 Å². The highest BCUT2D eigenvalue weighted by atomic mass is 32.2. The third kappa shape index (κ3) is 3.89. The molecule has 0 aliphatic carbocycles. The fourth-order valence-electron chi connectivity index (χ4n) is 1.26. The molecule has 14 heavy (non-hydrogen) atoms. The van der Waals surface area contributed by atoms with Crippen molar-refractivity contribution >= 4 is 9.84 Å². The molecule has 1 aromatic rings. The number of aliphatic hydroxyl groups is 1. The van der Waals surface area contributed by atoms with Gasteiger partial charge >= 0.3 is 0 Å². The number of aliphatic hydroxyl groups excluding tert-OH is 1. The Labute approximate surface area is 83.3 Å². The lowest BCUT2D eigenvalue weighted by atomic mass is 10.2. The van der Waals surface area contributed by atoms with Crippen molar-refractivity contribution in [2.45, 2.75) is 12.5 Å². The molecule has 0 aliphatic rings. The summed E-state index contributed by atoms with van der Waals surface area (Å²) in [7, 11) is -1.34. The summed E-state index contributed by atoms with van der Waals surface area (Å²) in [6.45, 7) is 0. The van der Waals surface area contributed by atoms with Gasteiger partial charge in [-0.3, -0.25) is 4.68 Å². The smallest absolute Gasteiger partial charge is 0.150 e. The zero-order valence-corrected chi connectivity index (χ0v) is 9.03. The number of rotatable bonds is 4. The van der Waals surface area contributed by atoms with Crippen molar-refractivity contribution in [1.29, 1.82) is 0 Å². The van der Waals surface area contributed by atoms with Gasteiger partial charge in [0.15, 0.2) is 0 Å². The van der Waals surface area contributed by atoms with Crippen LogP contribution in [0.15, 0.2) is 12.4 Å². The Hall–Kier alpha value is -0.880. The predicted molar refractivity (Wildman–Crippen MR) is 52.6 cm³/mol. The lowest BCUT2D eigenvalue weighted by Crippen LogP contribution is -2.21. The molecule has 0 radical (unpaired) electrons. The molecular formula is C8H14N2O3S. The van der Waals surface area contributed by atoms with E-state index in [9.17, 15) is 13.5 Å². The highest BCUT2D eigenvalue weighted by molar-refractivity contribution is 7.90. The first-order valence-corrected chi connectivity index (χ1v) is 6.26. The van der Waals surface area contributed by atoms with Gasteiger partial charge in [-0.1, -0.05) is 0 Å². The van der Waals surface area contributed by atoms with Crippen LogP contribution in [-0.2, 0) is 23.3 Å². The molecule has 0 aromatic carbocycles. The molecule has 0 saturated heterocycles. The van der Waals surface area contributed by atoms with Crippen molar-refractivity contribution in [1.82, 2.24) is 9.78 Å². The summed E-state index contributed by atoms with van der Waals surface area (Å²) in [6, 6.07) is 0. The average Bonchev–Trinajstić information content (AvgIpc) is 2.30. The highest BCUT2D eigenvalue weighted by Crippen LogP contribution is 2.03. The normalized spacial score (nSPS) is 14.2. The minimum Gasteiger partial charge on any atom is -0.392 e. The molecule has 0 spiro atoms. The van der Waals surface area contributed by atoms with E-state index in [1.165, 1.54) is 0 Å². The molecule has 0 saturated carbocycles. The van der Waals surface area contributed by atoms with E-state index in [0.717, 1.165) is 11.8 Å². The molecule has 0 bridgehead atoms. The SMILES string of the molecule is Cn1cc(CC(O)CS(C)(=O)=O)cn1. The third-order valence-electron chi connectivity index (χ3n) is 1.72. The number of sulfone groups is 1. The van der Waals surface area contributed by atoms with Gasteiger partial charge in [-0.25, -0.2) is 8.42 Å². The molecule has 6 heteroatoms. The maximum absolute atomic E-state index is 10.9. The largest absolute Gasteiger partial charge is 0.392 e. The van der Waals surface area contributed by atoms with E-state index in [2.05, 4.69) is 5.10 Å². The van der Waals surface area contributed by atoms with Crippen molar-refractivity contribution in [3.8, 4) is 0 Å². The summed E-state index contributed by atoms with van der Waals surface area (Å²) in [5, 5.41) is 13.4. The Kier molecular flexibility index (Phi) is 3.28. The van der Waals surface area contributed by atoms with Gasteiger partial charge < -0.3 is 5.11 Å². The number of aryl methyl sites for hydroxylation is 1. The predicted octanol–water partition coefficient (Wildman–Crippen LogP) is -0.632. The number of hydrogen-bond donors (Lipinski definition) is 1. The molecule has 0 fully saturated rings. The topological polar surface area (TPSA) is 72.2 Å². The first kappa shape index (κ1) is 11.2. The number of aromatic nitrogens is 2. The Morgan fingerprint density at radius 1 is 1.64 bits per heavy atom. The molecule has 5 nitrogen and oxygen atoms in total. The lowest BCUT2D eigenvalue weighted by molar-refractivity contribution is 0.198. The van der Waals surface area contributed by atoms with Crippen LogP contribution in [0.4, 0.5) is 0 Å². The van der Waals surface area contributed by atoms with Crippen molar-refractivity contribution in [2.75, 3.05) is 12.0 Å². The van der Waals surface area contributed by atoms with Crippen LogP contribution in [0.5, 0.6) is 0 Å². The molecule has 0 aliphatic heterocycles. The van der Waals surface area contributed by atoms with E-state index < -0.39 is 15.9 Å². The maximum Gasteiger partial charge on any atom is 0.150 e. The van der Waals surface area contributed by atoms with Crippen LogP contribution in [0.3, 0.4) is 0 Å². The van der Waals surface area contributed by atoms with E-state index in [1.807, 2.05) is 0 Å². The standard InChI is InChI=1S/C8H14N2O3S/c1-10-5-7(4-9-10)3-8(11)6-14(2,12)13/h4-5,8,11H,3,6H2,1-2H3. The second-order valence-electron chi connectivity index (χ2n) is 3.47. The van der Waals surface area contributed by atoms with E-state index in [1.54, 1.807) is 24.1 Å². The van der Waals surface area contributed by atoms with E-state index in [-0.39, 0.29) is 5.75 Å². The Bertz CT molecular complexity index is 396. The molecule has 1 rings (SSSR count). The molecule has 1 aromatic heterocycles. The van der Waals surface area contributed by atoms with Crippen molar-refractivity contribution < 1.29 is 13.5 Å². The van der Waals surface area contributed by atoms with Crippen LogP contribution in [0, 0.1) is 0 Å². The van der Waals surface area contributed by atoms with Gasteiger partial charge in [0, 0.05) is 25.9 Å². The number of hydrogen-bond acceptors (Lipinski definition) is 4. The van der Waals surface area contributed by atoms with Crippen LogP contribution in [0.25, 0.3) is 0 Å². The van der Waals surface area contributed by atoms with Gasteiger partial charge in [0.05, 0.1) is 18.1 Å². The van der Waals surface area contributed by atoms with Crippen LogP contribution >= 0.6 is 0 Å². The fourth-order valence-corrected chi connectivity index (χ4v) is 2.07. The lowest BCUT2D eigenvalue weighted by Gasteiger charge is -2.06.